The molecular weight excluding hydrogens is 308 g/mol. The van der Waals surface area contributed by atoms with Crippen LogP contribution in [0, 0.1) is 0 Å². The van der Waals surface area contributed by atoms with Crippen LogP contribution in [0.2, 0.25) is 0 Å². The molecule has 0 radical (unpaired) electrons. The van der Waals surface area contributed by atoms with Crippen LogP contribution in [0.1, 0.15) is 29.7 Å². The van der Waals surface area contributed by atoms with Gasteiger partial charge in [0.15, 0.2) is 9.76 Å². The Hall–Kier alpha value is -2.16. The van der Waals surface area contributed by atoms with E-state index in [2.05, 4.69) is 91.9 Å². The third-order valence-corrected chi connectivity index (χ3v) is 5.69. The fraction of sp³-hybridized carbons (Fsp3) is 0.182. The molecule has 0 saturated heterocycles. The van der Waals surface area contributed by atoms with E-state index >= 15 is 0 Å². The van der Waals surface area contributed by atoms with Crippen molar-refractivity contribution in [3.63, 3.8) is 0 Å². The Morgan fingerprint density at radius 2 is 1.38 bits per heavy atom. The zero-order chi connectivity index (χ0) is 16.6. The second kappa shape index (κ2) is 8.62. The van der Waals surface area contributed by atoms with E-state index < -0.39 is 9.76 Å². The van der Waals surface area contributed by atoms with Crippen LogP contribution in [0.5, 0.6) is 0 Å². The Kier molecular flexibility index (Phi) is 5.99. The topological polar surface area (TPSA) is 9.23 Å². The van der Waals surface area contributed by atoms with Gasteiger partial charge in [0.05, 0.1) is 6.10 Å². The van der Waals surface area contributed by atoms with E-state index in [0.29, 0.717) is 0 Å². The Morgan fingerprint density at radius 3 is 2.00 bits per heavy atom. The first-order valence-electron chi connectivity index (χ1n) is 8.63. The molecule has 1 atom stereocenters. The van der Waals surface area contributed by atoms with Crippen LogP contribution in [0.4, 0.5) is 0 Å². The SMILES string of the molecule is CCc1ccc([SiH2]OC(Cc2ccccc2)c2ccccc2)cc1. The molecule has 0 saturated carbocycles. The van der Waals surface area contributed by atoms with Gasteiger partial charge in [-0.15, -0.1) is 0 Å². The van der Waals surface area contributed by atoms with Crippen molar-refractivity contribution in [1.82, 2.24) is 0 Å². The predicted molar refractivity (Wildman–Crippen MR) is 104 cm³/mol. The van der Waals surface area contributed by atoms with Gasteiger partial charge in [-0.1, -0.05) is 91.9 Å². The second-order valence-electron chi connectivity index (χ2n) is 6.07. The second-order valence-corrected chi connectivity index (χ2v) is 7.51. The van der Waals surface area contributed by atoms with Gasteiger partial charge in [0.2, 0.25) is 0 Å². The van der Waals surface area contributed by atoms with Crippen molar-refractivity contribution in [2.24, 2.45) is 0 Å². The zero-order valence-corrected chi connectivity index (χ0v) is 15.6. The van der Waals surface area contributed by atoms with Crippen molar-refractivity contribution >= 4 is 14.9 Å². The summed E-state index contributed by atoms with van der Waals surface area (Å²) in [4.78, 5) is 0. The maximum Gasteiger partial charge on any atom is 0.193 e. The maximum absolute atomic E-state index is 6.43. The molecule has 0 aromatic heterocycles. The Balaban J connectivity index is 1.72. The average Bonchev–Trinajstić information content (AvgIpc) is 2.67. The van der Waals surface area contributed by atoms with Crippen LogP contribution in [-0.2, 0) is 17.3 Å². The summed E-state index contributed by atoms with van der Waals surface area (Å²) in [6.07, 6.45) is 2.14. The molecule has 0 bridgehead atoms. The number of benzene rings is 3. The standard InChI is InChI=1S/C22H24OSi/c1-2-18-13-15-21(16-14-18)24-23-22(20-11-7-4-8-12-20)17-19-9-5-3-6-10-19/h3-16,22H,2,17,24H2,1H3. The summed E-state index contributed by atoms with van der Waals surface area (Å²) < 4.78 is 6.43. The highest BCUT2D eigenvalue weighted by molar-refractivity contribution is 6.46. The lowest BCUT2D eigenvalue weighted by Gasteiger charge is -2.19. The highest BCUT2D eigenvalue weighted by Crippen LogP contribution is 2.21. The minimum Gasteiger partial charge on any atom is -0.411 e. The summed E-state index contributed by atoms with van der Waals surface area (Å²) in [6, 6.07) is 30.1. The highest BCUT2D eigenvalue weighted by atomic mass is 28.2. The van der Waals surface area contributed by atoms with Gasteiger partial charge in [-0.25, -0.2) is 0 Å². The van der Waals surface area contributed by atoms with Gasteiger partial charge in [-0.3, -0.25) is 0 Å². The van der Waals surface area contributed by atoms with Crippen molar-refractivity contribution in [3.05, 3.63) is 102 Å². The quantitative estimate of drug-likeness (QED) is 0.595. The minimum atomic E-state index is -0.742. The number of rotatable bonds is 7. The fourth-order valence-electron chi connectivity index (χ4n) is 2.84. The lowest BCUT2D eigenvalue weighted by atomic mass is 10.0. The summed E-state index contributed by atoms with van der Waals surface area (Å²) in [5, 5.41) is 1.36. The molecule has 1 nitrogen and oxygen atoms in total. The van der Waals surface area contributed by atoms with E-state index in [1.165, 1.54) is 21.9 Å². The van der Waals surface area contributed by atoms with Crippen molar-refractivity contribution in [3.8, 4) is 0 Å². The maximum atomic E-state index is 6.43. The molecule has 3 rings (SSSR count). The first-order valence-corrected chi connectivity index (χ1v) is 9.92. The Labute approximate surface area is 147 Å². The van der Waals surface area contributed by atoms with Crippen molar-refractivity contribution < 1.29 is 4.43 Å². The van der Waals surface area contributed by atoms with E-state index in [1.54, 1.807) is 0 Å². The number of aryl methyl sites for hydroxylation is 1. The fourth-order valence-corrected chi connectivity index (χ4v) is 3.97. The summed E-state index contributed by atoms with van der Waals surface area (Å²) >= 11 is 0. The molecule has 122 valence electrons. The molecule has 3 aromatic carbocycles. The highest BCUT2D eigenvalue weighted by Gasteiger charge is 2.13. The molecule has 0 spiro atoms. The van der Waals surface area contributed by atoms with Gasteiger partial charge in [0.1, 0.15) is 0 Å². The lowest BCUT2D eigenvalue weighted by Crippen LogP contribution is -2.21. The molecular formula is C22H24OSi. The van der Waals surface area contributed by atoms with Crippen molar-refractivity contribution in [2.75, 3.05) is 0 Å². The molecule has 2 heteroatoms. The largest absolute Gasteiger partial charge is 0.411 e. The van der Waals surface area contributed by atoms with Crippen LogP contribution in [0.3, 0.4) is 0 Å². The average molecular weight is 333 g/mol. The molecule has 0 amide bonds. The molecule has 0 N–H and O–H groups in total. The van der Waals surface area contributed by atoms with Gasteiger partial charge >= 0.3 is 0 Å². The van der Waals surface area contributed by atoms with E-state index in [9.17, 15) is 0 Å². The molecule has 0 heterocycles. The van der Waals surface area contributed by atoms with E-state index in [4.69, 9.17) is 4.43 Å². The summed E-state index contributed by atoms with van der Waals surface area (Å²) in [7, 11) is -0.742. The smallest absolute Gasteiger partial charge is 0.193 e. The number of hydrogen-bond donors (Lipinski definition) is 0. The van der Waals surface area contributed by atoms with Crippen molar-refractivity contribution in [1.29, 1.82) is 0 Å². The van der Waals surface area contributed by atoms with E-state index in [1.807, 2.05) is 0 Å². The van der Waals surface area contributed by atoms with Gasteiger partial charge in [-0.05, 0) is 28.3 Å². The zero-order valence-electron chi connectivity index (χ0n) is 14.2. The van der Waals surface area contributed by atoms with E-state index in [0.717, 1.165) is 12.8 Å². The molecule has 24 heavy (non-hydrogen) atoms. The van der Waals surface area contributed by atoms with Crippen LogP contribution in [0.25, 0.3) is 0 Å². The third-order valence-electron chi connectivity index (χ3n) is 4.32. The summed E-state index contributed by atoms with van der Waals surface area (Å²) in [5.74, 6) is 0. The Bertz CT molecular complexity index is 723. The first kappa shape index (κ1) is 16.7. The summed E-state index contributed by atoms with van der Waals surface area (Å²) in [5.41, 5.74) is 3.97. The van der Waals surface area contributed by atoms with E-state index in [-0.39, 0.29) is 6.10 Å². The van der Waals surface area contributed by atoms with Gasteiger partial charge < -0.3 is 4.43 Å². The molecule has 0 aliphatic rings. The molecule has 0 aliphatic carbocycles. The number of hydrogen-bond acceptors (Lipinski definition) is 1. The molecule has 0 fully saturated rings. The predicted octanol–water partition coefficient (Wildman–Crippen LogP) is 3.96. The molecule has 3 aromatic rings. The monoisotopic (exact) mass is 332 g/mol. The van der Waals surface area contributed by atoms with Gasteiger partial charge in [0.25, 0.3) is 0 Å². The third kappa shape index (κ3) is 4.67. The van der Waals surface area contributed by atoms with Gasteiger partial charge in [-0.2, -0.15) is 0 Å². The Morgan fingerprint density at radius 1 is 0.750 bits per heavy atom. The summed E-state index contributed by atoms with van der Waals surface area (Å²) in [6.45, 7) is 2.19. The van der Waals surface area contributed by atoms with Crippen LogP contribution < -0.4 is 5.19 Å². The van der Waals surface area contributed by atoms with Gasteiger partial charge in [0, 0.05) is 6.42 Å². The minimum absolute atomic E-state index is 0.131. The van der Waals surface area contributed by atoms with Crippen LogP contribution in [0.15, 0.2) is 84.9 Å². The van der Waals surface area contributed by atoms with Crippen molar-refractivity contribution in [2.45, 2.75) is 25.9 Å². The molecule has 0 aliphatic heterocycles. The first-order chi connectivity index (χ1) is 11.8. The lowest BCUT2D eigenvalue weighted by molar-refractivity contribution is 0.221. The van der Waals surface area contributed by atoms with Crippen LogP contribution >= 0.6 is 0 Å². The van der Waals surface area contributed by atoms with Crippen LogP contribution in [-0.4, -0.2) is 9.76 Å². The molecule has 1 unspecified atom stereocenters. The normalized spacial score (nSPS) is 12.5.